The lowest BCUT2D eigenvalue weighted by atomic mass is 9.96. The van der Waals surface area contributed by atoms with E-state index in [1.807, 2.05) is 39.0 Å². The number of hydrogen-bond acceptors (Lipinski definition) is 1. The minimum atomic E-state index is -0.374. The maximum atomic E-state index is 11.1. The van der Waals surface area contributed by atoms with Gasteiger partial charge in [0.25, 0.3) is 0 Å². The van der Waals surface area contributed by atoms with Crippen molar-refractivity contribution in [1.29, 1.82) is 0 Å². The number of rotatable bonds is 2. The van der Waals surface area contributed by atoms with Gasteiger partial charge >= 0.3 is 0 Å². The average molecular weight is 189 g/mol. The maximum absolute atomic E-state index is 11.1. The predicted octanol–water partition coefficient (Wildman–Crippen LogP) is 2.19. The number of carbonyl (C=O) groups excluding carboxylic acids is 1. The van der Waals surface area contributed by atoms with Gasteiger partial charge in [-0.3, -0.25) is 4.79 Å². The molecular formula is C12H15NO. The van der Waals surface area contributed by atoms with E-state index in [0.29, 0.717) is 5.57 Å². The lowest BCUT2D eigenvalue weighted by molar-refractivity contribution is -0.112. The third kappa shape index (κ3) is 1.84. The Morgan fingerprint density at radius 1 is 1.36 bits per heavy atom. The number of hydrogen-bond donors (Lipinski definition) is 1. The van der Waals surface area contributed by atoms with Crippen LogP contribution in [0.4, 0.5) is 0 Å². The van der Waals surface area contributed by atoms with Crippen LogP contribution >= 0.6 is 0 Å². The van der Waals surface area contributed by atoms with Gasteiger partial charge in [0.05, 0.1) is 0 Å². The van der Waals surface area contributed by atoms with Gasteiger partial charge in [0.1, 0.15) is 0 Å². The summed E-state index contributed by atoms with van der Waals surface area (Å²) < 4.78 is 0. The van der Waals surface area contributed by atoms with E-state index in [0.717, 1.165) is 11.1 Å². The zero-order chi connectivity index (χ0) is 10.7. The van der Waals surface area contributed by atoms with E-state index in [1.165, 1.54) is 5.56 Å². The first-order chi connectivity index (χ1) is 6.57. The molecule has 74 valence electrons. The van der Waals surface area contributed by atoms with Gasteiger partial charge in [-0.1, -0.05) is 24.3 Å². The Hall–Kier alpha value is -1.57. The Morgan fingerprint density at radius 2 is 2.00 bits per heavy atom. The molecular weight excluding hydrogens is 174 g/mol. The van der Waals surface area contributed by atoms with Gasteiger partial charge in [-0.25, -0.2) is 0 Å². The molecule has 2 nitrogen and oxygen atoms in total. The molecule has 0 aliphatic heterocycles. The Balaban J connectivity index is 3.32. The number of primary amides is 1. The molecule has 0 fully saturated rings. The molecule has 14 heavy (non-hydrogen) atoms. The molecule has 0 atom stereocenters. The predicted molar refractivity (Wildman–Crippen MR) is 58.8 cm³/mol. The number of nitrogens with two attached hydrogens (primary N) is 1. The van der Waals surface area contributed by atoms with E-state index >= 15 is 0 Å². The average Bonchev–Trinajstić information content (AvgIpc) is 2.13. The van der Waals surface area contributed by atoms with Crippen LogP contribution < -0.4 is 5.73 Å². The van der Waals surface area contributed by atoms with E-state index in [-0.39, 0.29) is 5.91 Å². The normalized spacial score (nSPS) is 11.5. The zero-order valence-electron chi connectivity index (χ0n) is 8.79. The number of benzene rings is 1. The van der Waals surface area contributed by atoms with E-state index < -0.39 is 0 Å². The molecule has 2 heteroatoms. The van der Waals surface area contributed by atoms with Crippen LogP contribution in [0, 0.1) is 13.8 Å². The number of amides is 1. The molecule has 1 amide bonds. The minimum absolute atomic E-state index is 0.374. The second-order valence-electron chi connectivity index (χ2n) is 3.31. The summed E-state index contributed by atoms with van der Waals surface area (Å²) in [5.41, 5.74) is 9.09. The number of allylic oxidation sites excluding steroid dienone is 1. The Bertz CT molecular complexity index is 391. The van der Waals surface area contributed by atoms with E-state index in [4.69, 9.17) is 5.73 Å². The molecule has 0 spiro atoms. The first-order valence-corrected chi connectivity index (χ1v) is 4.60. The summed E-state index contributed by atoms with van der Waals surface area (Å²) in [6.07, 6.45) is 1.75. The largest absolute Gasteiger partial charge is 0.366 e. The second-order valence-corrected chi connectivity index (χ2v) is 3.31. The van der Waals surface area contributed by atoms with Crippen molar-refractivity contribution in [2.75, 3.05) is 0 Å². The summed E-state index contributed by atoms with van der Waals surface area (Å²) in [4.78, 5) is 11.1. The molecule has 1 rings (SSSR count). The maximum Gasteiger partial charge on any atom is 0.248 e. The molecule has 0 aromatic heterocycles. The summed E-state index contributed by atoms with van der Waals surface area (Å²) in [6, 6.07) is 5.87. The van der Waals surface area contributed by atoms with Crippen molar-refractivity contribution in [3.8, 4) is 0 Å². The highest BCUT2D eigenvalue weighted by molar-refractivity contribution is 6.19. The lowest BCUT2D eigenvalue weighted by Gasteiger charge is -2.09. The van der Waals surface area contributed by atoms with Crippen LogP contribution in [0.2, 0.25) is 0 Å². The molecule has 0 heterocycles. The Kier molecular flexibility index (Phi) is 3.07. The fourth-order valence-electron chi connectivity index (χ4n) is 1.47. The quantitative estimate of drug-likeness (QED) is 0.712. The molecule has 1 aromatic carbocycles. The lowest BCUT2D eigenvalue weighted by Crippen LogP contribution is -2.13. The van der Waals surface area contributed by atoms with Crippen LogP contribution in [0.3, 0.4) is 0 Å². The highest BCUT2D eigenvalue weighted by atomic mass is 16.1. The number of carbonyl (C=O) groups is 1. The van der Waals surface area contributed by atoms with Gasteiger partial charge in [0.15, 0.2) is 0 Å². The van der Waals surface area contributed by atoms with Gasteiger partial charge < -0.3 is 5.73 Å². The van der Waals surface area contributed by atoms with Gasteiger partial charge in [-0.15, -0.1) is 0 Å². The molecule has 1 aromatic rings. The Morgan fingerprint density at radius 3 is 2.50 bits per heavy atom. The molecule has 2 N–H and O–H groups in total. The van der Waals surface area contributed by atoms with Crippen LogP contribution in [0.15, 0.2) is 24.3 Å². The van der Waals surface area contributed by atoms with Crippen molar-refractivity contribution in [2.24, 2.45) is 5.73 Å². The zero-order valence-corrected chi connectivity index (χ0v) is 8.79. The summed E-state index contributed by atoms with van der Waals surface area (Å²) >= 11 is 0. The molecule has 0 aliphatic rings. The molecule has 0 unspecified atom stereocenters. The molecule has 0 saturated heterocycles. The second kappa shape index (κ2) is 4.09. The molecule has 0 bridgehead atoms. The summed E-state index contributed by atoms with van der Waals surface area (Å²) in [5.74, 6) is -0.374. The van der Waals surface area contributed by atoms with Crippen LogP contribution in [-0.4, -0.2) is 5.91 Å². The fraction of sp³-hybridized carbons (Fsp3) is 0.250. The van der Waals surface area contributed by atoms with Crippen molar-refractivity contribution < 1.29 is 4.79 Å². The molecule has 0 saturated carbocycles. The topological polar surface area (TPSA) is 43.1 Å². The monoisotopic (exact) mass is 189 g/mol. The summed E-state index contributed by atoms with van der Waals surface area (Å²) in [6.45, 7) is 5.84. The smallest absolute Gasteiger partial charge is 0.248 e. The third-order valence-corrected chi connectivity index (χ3v) is 2.45. The van der Waals surface area contributed by atoms with E-state index in [2.05, 4.69) is 0 Å². The van der Waals surface area contributed by atoms with Crippen molar-refractivity contribution >= 4 is 11.5 Å². The van der Waals surface area contributed by atoms with Crippen LogP contribution in [0.25, 0.3) is 5.57 Å². The van der Waals surface area contributed by atoms with Gasteiger partial charge in [0.2, 0.25) is 5.91 Å². The van der Waals surface area contributed by atoms with Crippen molar-refractivity contribution in [3.05, 3.63) is 41.0 Å². The van der Waals surface area contributed by atoms with Gasteiger partial charge in [0, 0.05) is 5.57 Å². The van der Waals surface area contributed by atoms with Gasteiger partial charge in [-0.05, 0) is 37.5 Å². The summed E-state index contributed by atoms with van der Waals surface area (Å²) in [7, 11) is 0. The fourth-order valence-corrected chi connectivity index (χ4v) is 1.47. The van der Waals surface area contributed by atoms with Crippen molar-refractivity contribution in [3.63, 3.8) is 0 Å². The summed E-state index contributed by atoms with van der Waals surface area (Å²) in [5, 5.41) is 0. The highest BCUT2D eigenvalue weighted by Gasteiger charge is 2.09. The standard InChI is InChI=1S/C12H15NO/c1-4-10(12(13)14)11-7-5-6-8(2)9(11)3/h4-7H,1-3H3,(H2,13,14)/b10-4+. The Labute approximate surface area is 84.4 Å². The van der Waals surface area contributed by atoms with Crippen LogP contribution in [0.5, 0.6) is 0 Å². The van der Waals surface area contributed by atoms with Crippen LogP contribution in [-0.2, 0) is 4.79 Å². The highest BCUT2D eigenvalue weighted by Crippen LogP contribution is 2.20. The van der Waals surface area contributed by atoms with E-state index in [9.17, 15) is 4.79 Å². The number of aryl methyl sites for hydroxylation is 1. The molecule has 0 aliphatic carbocycles. The van der Waals surface area contributed by atoms with Crippen LogP contribution in [0.1, 0.15) is 23.6 Å². The first-order valence-electron chi connectivity index (χ1n) is 4.60. The van der Waals surface area contributed by atoms with E-state index in [1.54, 1.807) is 6.08 Å². The SMILES string of the molecule is C/C=C(/C(N)=O)c1cccc(C)c1C. The van der Waals surface area contributed by atoms with Gasteiger partial charge in [-0.2, -0.15) is 0 Å². The molecule has 0 radical (unpaired) electrons. The first kappa shape index (κ1) is 10.5. The van der Waals surface area contributed by atoms with Crippen molar-refractivity contribution in [2.45, 2.75) is 20.8 Å². The minimum Gasteiger partial charge on any atom is -0.366 e. The third-order valence-electron chi connectivity index (χ3n) is 2.45. The van der Waals surface area contributed by atoms with Crippen molar-refractivity contribution in [1.82, 2.24) is 0 Å².